The normalized spacial score (nSPS) is 15.9. The number of anilines is 1. The van der Waals surface area contributed by atoms with Gasteiger partial charge in [0.05, 0.1) is 16.8 Å². The number of nitrogens with zero attached hydrogens (tertiary/aromatic N) is 2. The monoisotopic (exact) mass is 418 g/mol. The van der Waals surface area contributed by atoms with E-state index in [0.29, 0.717) is 28.1 Å². The van der Waals surface area contributed by atoms with Crippen molar-refractivity contribution in [2.75, 3.05) is 18.8 Å². The first kappa shape index (κ1) is 20.6. The number of hydrogen-bond donors (Lipinski definition) is 3. The first-order valence-corrected chi connectivity index (χ1v) is 10.2. The number of piperidine rings is 1. The van der Waals surface area contributed by atoms with Crippen molar-refractivity contribution in [2.24, 2.45) is 0 Å². The SMILES string of the molecule is N#Cc1c(C2CCCNC2)cc(-c2c(O)cccc2OCc2ccccc2F)nc1N. The van der Waals surface area contributed by atoms with Crippen molar-refractivity contribution in [2.45, 2.75) is 25.4 Å². The van der Waals surface area contributed by atoms with Gasteiger partial charge in [0.1, 0.15) is 35.8 Å². The van der Waals surface area contributed by atoms with Gasteiger partial charge in [-0.3, -0.25) is 0 Å². The summed E-state index contributed by atoms with van der Waals surface area (Å²) >= 11 is 0. The smallest absolute Gasteiger partial charge is 0.142 e. The molecule has 0 aliphatic carbocycles. The fourth-order valence-electron chi connectivity index (χ4n) is 3.94. The van der Waals surface area contributed by atoms with Crippen molar-refractivity contribution in [3.8, 4) is 28.8 Å². The second kappa shape index (κ2) is 9.02. The molecule has 158 valence electrons. The topological polar surface area (TPSA) is 104 Å². The molecule has 1 atom stereocenters. The van der Waals surface area contributed by atoms with Crippen LogP contribution < -0.4 is 15.8 Å². The summed E-state index contributed by atoms with van der Waals surface area (Å²) in [5.41, 5.74) is 8.48. The molecule has 1 unspecified atom stereocenters. The number of aromatic hydroxyl groups is 1. The summed E-state index contributed by atoms with van der Waals surface area (Å²) in [5.74, 6) is 0.199. The van der Waals surface area contributed by atoms with Crippen molar-refractivity contribution < 1.29 is 14.2 Å². The van der Waals surface area contributed by atoms with Gasteiger partial charge in [-0.05, 0) is 55.1 Å². The Hall–Kier alpha value is -3.63. The van der Waals surface area contributed by atoms with Gasteiger partial charge >= 0.3 is 0 Å². The second-order valence-corrected chi connectivity index (χ2v) is 7.54. The Morgan fingerprint density at radius 3 is 2.84 bits per heavy atom. The number of benzene rings is 2. The summed E-state index contributed by atoms with van der Waals surface area (Å²) in [6, 6.07) is 15.2. The molecule has 1 aliphatic heterocycles. The minimum Gasteiger partial charge on any atom is -0.507 e. The number of rotatable bonds is 5. The highest BCUT2D eigenvalue weighted by molar-refractivity contribution is 5.76. The van der Waals surface area contributed by atoms with Gasteiger partial charge in [0.15, 0.2) is 0 Å². The summed E-state index contributed by atoms with van der Waals surface area (Å²) in [6.07, 6.45) is 1.93. The molecule has 0 bridgehead atoms. The molecule has 0 saturated carbocycles. The van der Waals surface area contributed by atoms with Crippen LogP contribution in [0.4, 0.5) is 10.2 Å². The van der Waals surface area contributed by atoms with Gasteiger partial charge in [-0.25, -0.2) is 9.37 Å². The van der Waals surface area contributed by atoms with Gasteiger partial charge in [0.25, 0.3) is 0 Å². The van der Waals surface area contributed by atoms with Crippen LogP contribution in [0.5, 0.6) is 11.5 Å². The molecule has 3 aromatic rings. The van der Waals surface area contributed by atoms with Crippen LogP contribution in [0.2, 0.25) is 0 Å². The van der Waals surface area contributed by atoms with E-state index >= 15 is 0 Å². The number of phenolic OH excluding ortho intramolecular Hbond substituents is 1. The minimum absolute atomic E-state index is 0.00566. The van der Waals surface area contributed by atoms with Gasteiger partial charge in [0.2, 0.25) is 0 Å². The highest BCUT2D eigenvalue weighted by Gasteiger charge is 2.24. The first-order valence-electron chi connectivity index (χ1n) is 10.2. The van der Waals surface area contributed by atoms with Crippen LogP contribution in [0.3, 0.4) is 0 Å². The fraction of sp³-hybridized carbons (Fsp3) is 0.250. The number of nitrogen functional groups attached to an aromatic ring is 1. The van der Waals surface area contributed by atoms with Crippen molar-refractivity contribution in [3.63, 3.8) is 0 Å². The maximum absolute atomic E-state index is 14.0. The van der Waals surface area contributed by atoms with Crippen LogP contribution in [-0.4, -0.2) is 23.2 Å². The number of halogens is 1. The molecule has 31 heavy (non-hydrogen) atoms. The van der Waals surface area contributed by atoms with Crippen molar-refractivity contribution >= 4 is 5.82 Å². The van der Waals surface area contributed by atoms with E-state index < -0.39 is 0 Å². The number of ether oxygens (including phenoxy) is 1. The minimum atomic E-state index is -0.364. The zero-order valence-electron chi connectivity index (χ0n) is 16.9. The summed E-state index contributed by atoms with van der Waals surface area (Å²) in [5, 5.41) is 23.6. The average Bonchev–Trinajstić information content (AvgIpc) is 2.78. The van der Waals surface area contributed by atoms with Gasteiger partial charge < -0.3 is 20.9 Å². The number of nitriles is 1. The lowest BCUT2D eigenvalue weighted by Crippen LogP contribution is -2.29. The Kier molecular flexibility index (Phi) is 6.01. The predicted molar refractivity (Wildman–Crippen MR) is 116 cm³/mol. The van der Waals surface area contributed by atoms with Gasteiger partial charge in [0, 0.05) is 12.1 Å². The third kappa shape index (κ3) is 4.30. The standard InChI is InChI=1S/C24H23FN4O2/c25-19-7-2-1-5-16(19)14-31-22-9-3-8-21(30)23(22)20-11-17(15-6-4-10-28-13-15)18(12-26)24(27)29-20/h1-3,5,7-9,11,15,28,30H,4,6,10,13-14H2,(H2,27,29). The van der Waals surface area contributed by atoms with Crippen LogP contribution >= 0.6 is 0 Å². The molecule has 6 nitrogen and oxygen atoms in total. The van der Waals surface area contributed by atoms with E-state index in [0.717, 1.165) is 31.5 Å². The Morgan fingerprint density at radius 1 is 1.26 bits per heavy atom. The fourth-order valence-corrected chi connectivity index (χ4v) is 3.94. The quantitative estimate of drug-likeness (QED) is 0.576. The molecule has 1 aliphatic rings. The summed E-state index contributed by atoms with van der Waals surface area (Å²) in [7, 11) is 0. The molecule has 0 spiro atoms. The van der Waals surface area contributed by atoms with E-state index in [-0.39, 0.29) is 29.9 Å². The van der Waals surface area contributed by atoms with Crippen LogP contribution in [0.25, 0.3) is 11.3 Å². The van der Waals surface area contributed by atoms with Gasteiger partial charge in [-0.2, -0.15) is 5.26 Å². The lowest BCUT2D eigenvalue weighted by Gasteiger charge is -2.25. The van der Waals surface area contributed by atoms with Crippen LogP contribution in [0.15, 0.2) is 48.5 Å². The highest BCUT2D eigenvalue weighted by Crippen LogP contribution is 2.40. The molecular weight excluding hydrogens is 395 g/mol. The summed E-state index contributed by atoms with van der Waals surface area (Å²) in [4.78, 5) is 4.38. The Balaban J connectivity index is 1.75. The van der Waals surface area contributed by atoms with Crippen molar-refractivity contribution in [1.29, 1.82) is 5.26 Å². The van der Waals surface area contributed by atoms with Crippen molar-refractivity contribution in [1.82, 2.24) is 10.3 Å². The van der Waals surface area contributed by atoms with Gasteiger partial charge in [-0.1, -0.05) is 24.3 Å². The molecule has 1 saturated heterocycles. The van der Waals surface area contributed by atoms with Crippen LogP contribution in [0.1, 0.15) is 35.4 Å². The first-order chi connectivity index (χ1) is 15.1. The van der Waals surface area contributed by atoms with Crippen LogP contribution in [-0.2, 0) is 6.61 Å². The molecule has 0 radical (unpaired) electrons. The third-order valence-corrected chi connectivity index (χ3v) is 5.53. The maximum atomic E-state index is 14.0. The Bertz CT molecular complexity index is 1140. The predicted octanol–water partition coefficient (Wildman–Crippen LogP) is 4.09. The largest absolute Gasteiger partial charge is 0.507 e. The Morgan fingerprint density at radius 2 is 2.10 bits per heavy atom. The molecule has 2 aromatic carbocycles. The van der Waals surface area contributed by atoms with E-state index in [1.807, 2.05) is 0 Å². The maximum Gasteiger partial charge on any atom is 0.142 e. The molecule has 2 heterocycles. The van der Waals surface area contributed by atoms with E-state index in [1.54, 1.807) is 36.4 Å². The number of nitrogens with two attached hydrogens (primary N) is 1. The number of pyridine rings is 1. The second-order valence-electron chi connectivity index (χ2n) is 7.54. The average molecular weight is 418 g/mol. The lowest BCUT2D eigenvalue weighted by atomic mass is 9.88. The number of hydrogen-bond acceptors (Lipinski definition) is 6. The van der Waals surface area contributed by atoms with E-state index in [9.17, 15) is 14.8 Å². The molecule has 1 fully saturated rings. The third-order valence-electron chi connectivity index (χ3n) is 5.53. The molecule has 0 amide bonds. The number of phenols is 1. The summed E-state index contributed by atoms with van der Waals surface area (Å²) < 4.78 is 19.9. The molecule has 4 rings (SSSR count). The van der Waals surface area contributed by atoms with Crippen LogP contribution in [0, 0.1) is 17.1 Å². The van der Waals surface area contributed by atoms with E-state index in [4.69, 9.17) is 10.5 Å². The molecule has 1 aromatic heterocycles. The van der Waals surface area contributed by atoms with E-state index in [1.165, 1.54) is 12.1 Å². The lowest BCUT2D eigenvalue weighted by molar-refractivity contribution is 0.299. The molecular formula is C24H23FN4O2. The summed E-state index contributed by atoms with van der Waals surface area (Å²) in [6.45, 7) is 1.68. The zero-order chi connectivity index (χ0) is 21.8. The highest BCUT2D eigenvalue weighted by atomic mass is 19.1. The number of nitrogens with one attached hydrogen (secondary N) is 1. The molecule has 4 N–H and O–H groups in total. The Labute approximate surface area is 180 Å². The molecule has 7 heteroatoms. The zero-order valence-corrected chi connectivity index (χ0v) is 16.9. The number of aromatic nitrogens is 1. The van der Waals surface area contributed by atoms with Crippen molar-refractivity contribution in [3.05, 3.63) is 71.0 Å². The van der Waals surface area contributed by atoms with E-state index in [2.05, 4.69) is 16.4 Å². The van der Waals surface area contributed by atoms with Gasteiger partial charge in [-0.15, -0.1) is 0 Å².